The van der Waals surface area contributed by atoms with Gasteiger partial charge in [-0.3, -0.25) is 4.79 Å². The summed E-state index contributed by atoms with van der Waals surface area (Å²) in [6.07, 6.45) is -5.31. The van der Waals surface area contributed by atoms with Crippen molar-refractivity contribution in [3.05, 3.63) is 69.8 Å². The van der Waals surface area contributed by atoms with Crippen molar-refractivity contribution in [2.75, 3.05) is 6.61 Å². The second kappa shape index (κ2) is 10.6. The van der Waals surface area contributed by atoms with Crippen LogP contribution in [0, 0.1) is 11.8 Å². The summed E-state index contributed by atoms with van der Waals surface area (Å²) in [5.41, 5.74) is 0.380. The summed E-state index contributed by atoms with van der Waals surface area (Å²) in [5, 5.41) is 61.2. The first-order valence-corrected chi connectivity index (χ1v) is 12.4. The highest BCUT2D eigenvalue weighted by atomic mass is 16.8. The molecule has 1 aromatic carbocycles. The van der Waals surface area contributed by atoms with Crippen LogP contribution in [0.2, 0.25) is 0 Å². The number of carbonyl (C=O) groups is 1. The number of para-hydroxylation sites is 1. The Morgan fingerprint density at radius 2 is 1.90 bits per heavy atom. The Kier molecular flexibility index (Phi) is 7.35. The van der Waals surface area contributed by atoms with Crippen LogP contribution in [0.1, 0.15) is 0 Å². The number of carboxylic acid groups (broad SMARTS) is 1. The van der Waals surface area contributed by atoms with Gasteiger partial charge >= 0.3 is 5.97 Å². The maximum Gasteiger partial charge on any atom is 0.335 e. The average Bonchev–Trinajstić information content (AvgIpc) is 3.33. The number of aliphatic hydroxyl groups is 4. The van der Waals surface area contributed by atoms with Crippen molar-refractivity contribution in [1.29, 1.82) is 0 Å². The zero-order valence-electron chi connectivity index (χ0n) is 21.2. The molecule has 3 aliphatic heterocycles. The fourth-order valence-corrected chi connectivity index (χ4v) is 5.18. The third-order valence-electron chi connectivity index (χ3n) is 7.38. The largest absolute Gasteiger partial charge is 0.503 e. The molecule has 0 unspecified atom stereocenters. The highest BCUT2D eigenvalue weighted by Crippen LogP contribution is 2.37. The smallest absolute Gasteiger partial charge is 0.335 e. The number of pyridine rings is 1. The number of ether oxygens (including phenoxy) is 3. The highest BCUT2D eigenvalue weighted by Gasteiger charge is 2.47. The predicted octanol–water partition coefficient (Wildman–Crippen LogP) is -1.64. The first-order chi connectivity index (χ1) is 19.1. The lowest BCUT2D eigenvalue weighted by atomic mass is 9.83. The number of fused-ring (bicyclic) bond motifs is 3. The molecule has 13 heteroatoms. The van der Waals surface area contributed by atoms with Crippen molar-refractivity contribution < 1.29 is 49.6 Å². The lowest BCUT2D eigenvalue weighted by Gasteiger charge is -2.42. The first kappa shape index (κ1) is 27.7. The lowest BCUT2D eigenvalue weighted by Crippen LogP contribution is -2.60. The molecule has 1 saturated heterocycles. The van der Waals surface area contributed by atoms with Gasteiger partial charge in [0.1, 0.15) is 24.4 Å². The number of aromatic hydroxyl groups is 1. The van der Waals surface area contributed by atoms with Gasteiger partial charge < -0.3 is 49.4 Å². The van der Waals surface area contributed by atoms with E-state index in [-0.39, 0.29) is 21.8 Å². The van der Waals surface area contributed by atoms with Crippen LogP contribution in [0.15, 0.2) is 58.5 Å². The second-order valence-corrected chi connectivity index (χ2v) is 9.67. The molecule has 13 nitrogen and oxygen atoms in total. The average molecular weight is 557 g/mol. The van der Waals surface area contributed by atoms with Gasteiger partial charge in [-0.15, -0.1) is 6.58 Å². The van der Waals surface area contributed by atoms with Crippen LogP contribution in [-0.2, 0) is 26.1 Å². The minimum atomic E-state index is -1.72. The van der Waals surface area contributed by atoms with Gasteiger partial charge in [0.05, 0.1) is 46.3 Å². The van der Waals surface area contributed by atoms with Crippen LogP contribution in [0.5, 0.6) is 5.75 Å². The molecular formula is C27H28N2O11. The van der Waals surface area contributed by atoms with E-state index in [0.29, 0.717) is 11.3 Å². The molecule has 40 heavy (non-hydrogen) atoms. The van der Waals surface area contributed by atoms with Gasteiger partial charge in [0, 0.05) is 18.5 Å². The summed E-state index contributed by atoms with van der Waals surface area (Å²) in [5.74, 6) is -3.77. The monoisotopic (exact) mass is 556 g/mol. The minimum Gasteiger partial charge on any atom is -0.503 e. The van der Waals surface area contributed by atoms with Crippen LogP contribution in [0.4, 0.5) is 5.69 Å². The van der Waals surface area contributed by atoms with Gasteiger partial charge in [-0.2, -0.15) is 0 Å². The zero-order chi connectivity index (χ0) is 28.9. The molecule has 2 aromatic rings. The molecule has 1 fully saturated rings. The molecule has 0 radical (unpaired) electrons. The number of aliphatic carboxylic acids is 1. The van der Waals surface area contributed by atoms with E-state index in [4.69, 9.17) is 14.2 Å². The topological polar surface area (TPSA) is 200 Å². The van der Waals surface area contributed by atoms with Gasteiger partial charge in [-0.25, -0.2) is 9.79 Å². The predicted molar refractivity (Wildman–Crippen MR) is 136 cm³/mol. The minimum absolute atomic E-state index is 0.205. The summed E-state index contributed by atoms with van der Waals surface area (Å²) in [6, 6.07) is 6.92. The van der Waals surface area contributed by atoms with Crippen LogP contribution in [0.3, 0.4) is 0 Å². The van der Waals surface area contributed by atoms with E-state index in [1.165, 1.54) is 19.2 Å². The molecule has 6 N–H and O–H groups in total. The molecule has 0 spiro atoms. The van der Waals surface area contributed by atoms with Crippen molar-refractivity contribution in [1.82, 2.24) is 4.57 Å². The molecule has 0 bridgehead atoms. The fraction of sp³-hybridized carbons (Fsp3) is 0.370. The van der Waals surface area contributed by atoms with E-state index in [2.05, 4.69) is 11.6 Å². The molecule has 3 aliphatic rings. The van der Waals surface area contributed by atoms with Crippen LogP contribution in [0.25, 0.3) is 17.2 Å². The van der Waals surface area contributed by atoms with E-state index in [1.807, 2.05) is 0 Å². The molecule has 4 heterocycles. The van der Waals surface area contributed by atoms with E-state index in [1.54, 1.807) is 24.3 Å². The molecule has 212 valence electrons. The number of hydrogen-bond acceptors (Lipinski definition) is 11. The van der Waals surface area contributed by atoms with Crippen LogP contribution in [-0.4, -0.2) is 84.8 Å². The highest BCUT2D eigenvalue weighted by molar-refractivity contribution is 5.89. The van der Waals surface area contributed by atoms with Gasteiger partial charge in [0.25, 0.3) is 5.56 Å². The Labute approximate surface area is 226 Å². The summed E-state index contributed by atoms with van der Waals surface area (Å²) in [4.78, 5) is 29.8. The van der Waals surface area contributed by atoms with E-state index in [9.17, 15) is 40.2 Å². The maximum absolute atomic E-state index is 13.0. The quantitative estimate of drug-likeness (QED) is 0.190. The third-order valence-corrected chi connectivity index (χ3v) is 7.38. The summed E-state index contributed by atoms with van der Waals surface area (Å²) in [7, 11) is 1.42. The first-order valence-electron chi connectivity index (χ1n) is 12.4. The van der Waals surface area contributed by atoms with Crippen LogP contribution >= 0.6 is 0 Å². The summed E-state index contributed by atoms with van der Waals surface area (Å²) < 4.78 is 17.9. The van der Waals surface area contributed by atoms with Crippen molar-refractivity contribution in [2.45, 2.75) is 37.0 Å². The van der Waals surface area contributed by atoms with Crippen molar-refractivity contribution in [3.63, 3.8) is 0 Å². The van der Waals surface area contributed by atoms with E-state index < -0.39 is 72.7 Å². The van der Waals surface area contributed by atoms with Gasteiger partial charge in [0.2, 0.25) is 6.29 Å². The molecule has 0 aliphatic carbocycles. The van der Waals surface area contributed by atoms with Crippen molar-refractivity contribution in [2.24, 2.45) is 23.9 Å². The van der Waals surface area contributed by atoms with Crippen LogP contribution < -0.4 is 16.3 Å². The molecule has 0 amide bonds. The molecule has 5 rings (SSSR count). The number of benzene rings is 1. The number of aromatic nitrogens is 1. The Morgan fingerprint density at radius 3 is 2.58 bits per heavy atom. The second-order valence-electron chi connectivity index (χ2n) is 9.67. The number of carboxylic acids is 1. The van der Waals surface area contributed by atoms with Crippen molar-refractivity contribution >= 4 is 17.7 Å². The van der Waals surface area contributed by atoms with Crippen molar-refractivity contribution in [3.8, 4) is 16.9 Å². The molecule has 0 saturated carbocycles. The molecule has 8 atom stereocenters. The summed E-state index contributed by atoms with van der Waals surface area (Å²) in [6.45, 7) is 3.11. The normalized spacial score (nSPS) is 31.4. The van der Waals surface area contributed by atoms with E-state index in [0.717, 1.165) is 10.8 Å². The summed E-state index contributed by atoms with van der Waals surface area (Å²) >= 11 is 0. The third kappa shape index (κ3) is 4.42. The van der Waals surface area contributed by atoms with Gasteiger partial charge in [-0.1, -0.05) is 24.3 Å². The van der Waals surface area contributed by atoms with Gasteiger partial charge in [-0.05, 0) is 12.1 Å². The lowest BCUT2D eigenvalue weighted by molar-refractivity contribution is -0.338. The Balaban J connectivity index is 1.61. The van der Waals surface area contributed by atoms with E-state index >= 15 is 0 Å². The maximum atomic E-state index is 13.0. The van der Waals surface area contributed by atoms with Gasteiger partial charge in [0.15, 0.2) is 12.0 Å². The number of aliphatic hydroxyl groups excluding tert-OH is 4. The standard InChI is InChI=1S/C27H28N2O11/c1-3-11-13(8-16-19-18(21(32)24(35)29(16)2)12-6-4-5-7-15(12)28-19)14(25(36)37)10-38-26(11)40-27-23(34)22(33)20(31)17(9-30)39-27/h3-8,10-11,13,17,20,22-23,26-27,30-34H,1,9H2,2H3,(H,36,37)/t11-,13+,17-,20-,22+,23-,26+,27+/m1/s1. The number of hydrogen-bond donors (Lipinski definition) is 6. The molecular weight excluding hydrogens is 528 g/mol. The number of nitrogens with zero attached hydrogens (tertiary/aromatic N) is 2. The SMILES string of the molecule is C=C[C@H]1[C@H](O[C@@H]2O[C@H](CO)[C@@H](O)[C@H](O)[C@H]2O)OC=C(C(=O)O)[C@H]1C=c1c2c(c(O)c(=O)n1C)-c1ccccc1N=2. The Bertz CT molecular complexity index is 1560. The zero-order valence-corrected chi connectivity index (χ0v) is 21.2. The number of rotatable bonds is 6. The Hall–Kier alpha value is -3.85. The fourth-order valence-electron chi connectivity index (χ4n) is 5.18. The Morgan fingerprint density at radius 1 is 1.18 bits per heavy atom. The molecule has 1 aromatic heterocycles.